The van der Waals surface area contributed by atoms with Gasteiger partial charge in [-0.2, -0.15) is 0 Å². The van der Waals surface area contributed by atoms with Crippen LogP contribution in [0.5, 0.6) is 0 Å². The second-order valence-corrected chi connectivity index (χ2v) is 7.86. The summed E-state index contributed by atoms with van der Waals surface area (Å²) in [6.07, 6.45) is 13.5. The third kappa shape index (κ3) is 4.04. The molecule has 6 nitrogen and oxygen atoms in total. The molecule has 144 valence electrons. The van der Waals surface area contributed by atoms with E-state index in [1.807, 2.05) is 6.92 Å². The predicted octanol–water partition coefficient (Wildman–Crippen LogP) is 4.55. The minimum absolute atomic E-state index is 0.0228. The van der Waals surface area contributed by atoms with Crippen LogP contribution in [0.25, 0.3) is 11.5 Å². The highest BCUT2D eigenvalue weighted by Crippen LogP contribution is 2.32. The smallest absolute Gasteiger partial charge is 0.276 e. The van der Waals surface area contributed by atoms with E-state index in [2.05, 4.69) is 20.0 Å². The predicted molar refractivity (Wildman–Crippen MR) is 102 cm³/mol. The molecule has 0 aliphatic heterocycles. The van der Waals surface area contributed by atoms with E-state index < -0.39 is 0 Å². The summed E-state index contributed by atoms with van der Waals surface area (Å²) in [5.41, 5.74) is 1.06. The lowest BCUT2D eigenvalue weighted by atomic mass is 9.88. The van der Waals surface area contributed by atoms with E-state index in [0.29, 0.717) is 35.1 Å². The van der Waals surface area contributed by atoms with Gasteiger partial charge in [0.1, 0.15) is 11.5 Å². The lowest BCUT2D eigenvalue weighted by Gasteiger charge is -2.41. The van der Waals surface area contributed by atoms with Crippen molar-refractivity contribution in [1.82, 2.24) is 20.0 Å². The molecule has 0 aromatic carbocycles. The number of nitrogens with zero attached hydrogens (tertiary/aromatic N) is 4. The fourth-order valence-corrected chi connectivity index (χ4v) is 4.57. The molecule has 0 radical (unpaired) electrons. The van der Waals surface area contributed by atoms with Crippen LogP contribution in [0.2, 0.25) is 0 Å². The van der Waals surface area contributed by atoms with Crippen LogP contribution < -0.4 is 0 Å². The van der Waals surface area contributed by atoms with Crippen molar-refractivity contribution in [2.75, 3.05) is 0 Å². The van der Waals surface area contributed by atoms with Gasteiger partial charge in [0, 0.05) is 24.3 Å². The van der Waals surface area contributed by atoms with Crippen LogP contribution in [0.1, 0.15) is 80.5 Å². The van der Waals surface area contributed by atoms with Gasteiger partial charge in [-0.3, -0.25) is 4.79 Å². The van der Waals surface area contributed by atoms with Crippen molar-refractivity contribution in [3.63, 3.8) is 0 Å². The first kappa shape index (κ1) is 18.1. The Labute approximate surface area is 160 Å². The van der Waals surface area contributed by atoms with Crippen molar-refractivity contribution in [1.29, 1.82) is 0 Å². The molecular formula is C21H28N4O2. The monoisotopic (exact) mass is 368 g/mol. The standard InChI is InChI=1S/C21H28N4O2/c1-15-22-13-12-18(23-15)20-14-19(24-27-20)21(26)25(16-8-4-2-5-9-16)17-10-6-3-7-11-17/h12-14,16-17H,2-11H2,1H3. The van der Waals surface area contributed by atoms with Crippen LogP contribution in [0.3, 0.4) is 0 Å². The number of rotatable bonds is 4. The van der Waals surface area contributed by atoms with Gasteiger partial charge in [0.15, 0.2) is 11.5 Å². The van der Waals surface area contributed by atoms with Crippen molar-refractivity contribution < 1.29 is 9.32 Å². The van der Waals surface area contributed by atoms with Gasteiger partial charge < -0.3 is 9.42 Å². The molecule has 6 heteroatoms. The highest BCUT2D eigenvalue weighted by atomic mass is 16.5. The molecule has 1 amide bonds. The van der Waals surface area contributed by atoms with Crippen LogP contribution in [0.15, 0.2) is 22.9 Å². The lowest BCUT2D eigenvalue weighted by molar-refractivity contribution is 0.0438. The maximum absolute atomic E-state index is 13.4. The highest BCUT2D eigenvalue weighted by Gasteiger charge is 2.34. The lowest BCUT2D eigenvalue weighted by Crippen LogP contribution is -2.48. The molecule has 2 aromatic heterocycles. The van der Waals surface area contributed by atoms with Crippen molar-refractivity contribution in [2.24, 2.45) is 0 Å². The van der Waals surface area contributed by atoms with Gasteiger partial charge >= 0.3 is 0 Å². The molecule has 2 aromatic rings. The number of hydrogen-bond donors (Lipinski definition) is 0. The van der Waals surface area contributed by atoms with Crippen LogP contribution in [-0.4, -0.2) is 38.0 Å². The molecule has 2 aliphatic carbocycles. The fraction of sp³-hybridized carbons (Fsp3) is 0.619. The first-order chi connectivity index (χ1) is 13.2. The summed E-state index contributed by atoms with van der Waals surface area (Å²) < 4.78 is 5.46. The van der Waals surface area contributed by atoms with Crippen LogP contribution >= 0.6 is 0 Å². The zero-order chi connectivity index (χ0) is 18.6. The average Bonchev–Trinajstić information content (AvgIpc) is 3.20. The van der Waals surface area contributed by atoms with Gasteiger partial charge in [0.25, 0.3) is 5.91 Å². The molecule has 0 bridgehead atoms. The third-order valence-electron chi connectivity index (χ3n) is 5.93. The maximum Gasteiger partial charge on any atom is 0.276 e. The number of aryl methyl sites for hydroxylation is 1. The molecule has 27 heavy (non-hydrogen) atoms. The number of amides is 1. The van der Waals surface area contributed by atoms with E-state index in [0.717, 1.165) is 25.7 Å². The van der Waals surface area contributed by atoms with Gasteiger partial charge in [-0.1, -0.05) is 43.7 Å². The minimum atomic E-state index is 0.0228. The first-order valence-corrected chi connectivity index (χ1v) is 10.3. The second kappa shape index (κ2) is 8.19. The molecule has 2 fully saturated rings. The second-order valence-electron chi connectivity index (χ2n) is 7.86. The van der Waals surface area contributed by atoms with Gasteiger partial charge in [-0.05, 0) is 38.7 Å². The summed E-state index contributed by atoms with van der Waals surface area (Å²) in [4.78, 5) is 24.1. The number of carbonyl (C=O) groups is 1. The zero-order valence-corrected chi connectivity index (χ0v) is 16.1. The topological polar surface area (TPSA) is 72.1 Å². The summed E-state index contributed by atoms with van der Waals surface area (Å²) >= 11 is 0. The Kier molecular flexibility index (Phi) is 5.50. The molecule has 0 N–H and O–H groups in total. The Bertz CT molecular complexity index is 758. The fourth-order valence-electron chi connectivity index (χ4n) is 4.57. The van der Waals surface area contributed by atoms with Gasteiger partial charge in [-0.15, -0.1) is 0 Å². The van der Waals surface area contributed by atoms with Gasteiger partial charge in [0.05, 0.1) is 0 Å². The summed E-state index contributed by atoms with van der Waals surface area (Å²) in [6, 6.07) is 4.21. The van der Waals surface area contributed by atoms with Gasteiger partial charge in [0.2, 0.25) is 0 Å². The molecule has 4 rings (SSSR count). The Hall–Kier alpha value is -2.24. The van der Waals surface area contributed by atoms with E-state index in [4.69, 9.17) is 4.52 Å². The number of hydrogen-bond acceptors (Lipinski definition) is 5. The zero-order valence-electron chi connectivity index (χ0n) is 16.1. The average molecular weight is 368 g/mol. The molecule has 0 saturated heterocycles. The largest absolute Gasteiger partial charge is 0.354 e. The van der Waals surface area contributed by atoms with E-state index >= 15 is 0 Å². The van der Waals surface area contributed by atoms with E-state index in [-0.39, 0.29) is 5.91 Å². The van der Waals surface area contributed by atoms with E-state index in [1.54, 1.807) is 18.3 Å². The van der Waals surface area contributed by atoms with Crippen molar-refractivity contribution in [2.45, 2.75) is 83.2 Å². The summed E-state index contributed by atoms with van der Waals surface area (Å²) in [6.45, 7) is 1.83. The molecular weight excluding hydrogens is 340 g/mol. The van der Waals surface area contributed by atoms with E-state index in [1.165, 1.54) is 38.5 Å². The highest BCUT2D eigenvalue weighted by molar-refractivity contribution is 5.93. The van der Waals surface area contributed by atoms with Crippen molar-refractivity contribution >= 4 is 5.91 Å². The summed E-state index contributed by atoms with van der Waals surface area (Å²) in [7, 11) is 0. The Morgan fingerprint density at radius 3 is 2.26 bits per heavy atom. The van der Waals surface area contributed by atoms with Crippen molar-refractivity contribution in [3.05, 3.63) is 29.8 Å². The maximum atomic E-state index is 13.4. The molecule has 2 heterocycles. The van der Waals surface area contributed by atoms with Crippen LogP contribution in [-0.2, 0) is 0 Å². The van der Waals surface area contributed by atoms with Crippen molar-refractivity contribution in [3.8, 4) is 11.5 Å². The third-order valence-corrected chi connectivity index (χ3v) is 5.93. The number of aromatic nitrogens is 3. The Morgan fingerprint density at radius 2 is 1.67 bits per heavy atom. The Morgan fingerprint density at radius 1 is 1.04 bits per heavy atom. The quantitative estimate of drug-likeness (QED) is 0.792. The van der Waals surface area contributed by atoms with Gasteiger partial charge in [-0.25, -0.2) is 9.97 Å². The molecule has 0 unspecified atom stereocenters. The summed E-state index contributed by atoms with van der Waals surface area (Å²) in [5, 5.41) is 4.11. The van der Waals surface area contributed by atoms with E-state index in [9.17, 15) is 4.79 Å². The molecule has 2 saturated carbocycles. The number of carbonyl (C=O) groups excluding carboxylic acids is 1. The molecule has 2 aliphatic rings. The molecule has 0 spiro atoms. The first-order valence-electron chi connectivity index (χ1n) is 10.3. The molecule has 0 atom stereocenters. The SMILES string of the molecule is Cc1nccc(-c2cc(C(=O)N(C3CCCCC3)C3CCCCC3)no2)n1. The summed E-state index contributed by atoms with van der Waals surface area (Å²) in [5.74, 6) is 1.22. The van der Waals surface area contributed by atoms with Crippen LogP contribution in [0, 0.1) is 6.92 Å². The minimum Gasteiger partial charge on any atom is -0.354 e. The normalized spacial score (nSPS) is 19.1. The van der Waals surface area contributed by atoms with Crippen LogP contribution in [0.4, 0.5) is 0 Å². The Balaban J connectivity index is 1.59.